The lowest BCUT2D eigenvalue weighted by molar-refractivity contribution is -0.124. The molecule has 1 saturated carbocycles. The van der Waals surface area contributed by atoms with Crippen LogP contribution in [0.5, 0.6) is 0 Å². The highest BCUT2D eigenvalue weighted by molar-refractivity contribution is 9.10. The maximum atomic E-state index is 12.3. The molecule has 0 bridgehead atoms. The van der Waals surface area contributed by atoms with Gasteiger partial charge in [-0.25, -0.2) is 0 Å². The molecule has 1 aliphatic carbocycles. The summed E-state index contributed by atoms with van der Waals surface area (Å²) in [5, 5.41) is 12.6. The van der Waals surface area contributed by atoms with Gasteiger partial charge in [0.15, 0.2) is 0 Å². The van der Waals surface area contributed by atoms with E-state index in [2.05, 4.69) is 21.2 Å². The van der Waals surface area contributed by atoms with Crippen LogP contribution < -0.4 is 5.32 Å². The number of amides is 1. The number of rotatable bonds is 6. The van der Waals surface area contributed by atoms with E-state index in [1.165, 1.54) is 0 Å². The first-order chi connectivity index (χ1) is 9.08. The molecular formula is C15H20BrNO2. The molecule has 1 aliphatic rings. The first kappa shape index (κ1) is 14.5. The molecule has 0 heterocycles. The number of carbonyl (C=O) groups is 1. The summed E-state index contributed by atoms with van der Waals surface area (Å²) in [7, 11) is 0. The van der Waals surface area contributed by atoms with E-state index in [9.17, 15) is 9.90 Å². The largest absolute Gasteiger partial charge is 0.391 e. The Balaban J connectivity index is 1.99. The summed E-state index contributed by atoms with van der Waals surface area (Å²) in [4.78, 5) is 12.3. The second kappa shape index (κ2) is 6.06. The van der Waals surface area contributed by atoms with E-state index in [0.29, 0.717) is 6.54 Å². The number of hydrogen-bond donors (Lipinski definition) is 2. The fraction of sp³-hybridized carbons (Fsp3) is 0.533. The third kappa shape index (κ3) is 3.37. The van der Waals surface area contributed by atoms with Crippen molar-refractivity contribution in [1.29, 1.82) is 0 Å². The molecule has 1 fully saturated rings. The molecule has 2 rings (SSSR count). The zero-order chi connectivity index (χ0) is 13.9. The normalized spacial score (nSPS) is 17.8. The predicted octanol–water partition coefficient (Wildman–Crippen LogP) is 2.76. The lowest BCUT2D eigenvalue weighted by atomic mass is 9.95. The Morgan fingerprint density at radius 2 is 2.26 bits per heavy atom. The summed E-state index contributed by atoms with van der Waals surface area (Å²) >= 11 is 3.44. The van der Waals surface area contributed by atoms with Crippen LogP contribution in [-0.2, 0) is 10.2 Å². The molecule has 104 valence electrons. The highest BCUT2D eigenvalue weighted by atomic mass is 79.9. The summed E-state index contributed by atoms with van der Waals surface area (Å²) in [5.74, 6) is 0.0424. The minimum absolute atomic E-state index is 0.0424. The average Bonchev–Trinajstić information content (AvgIpc) is 3.18. The standard InChI is InChI=1S/C15H20BrNO2/c1-2-4-13(18)10-17-14(19)15(7-8-15)11-5-3-6-12(16)9-11/h3,5-6,9,13,18H,2,4,7-8,10H2,1H3,(H,17,19). The highest BCUT2D eigenvalue weighted by Crippen LogP contribution is 2.48. The maximum Gasteiger partial charge on any atom is 0.230 e. The molecule has 0 aliphatic heterocycles. The number of carbonyl (C=O) groups excluding carboxylic acids is 1. The van der Waals surface area contributed by atoms with Crippen LogP contribution in [-0.4, -0.2) is 23.7 Å². The quantitative estimate of drug-likeness (QED) is 0.844. The maximum absolute atomic E-state index is 12.3. The van der Waals surface area contributed by atoms with Gasteiger partial charge in [0.1, 0.15) is 0 Å². The number of aliphatic hydroxyl groups excluding tert-OH is 1. The number of halogens is 1. The summed E-state index contributed by atoms with van der Waals surface area (Å²) in [5.41, 5.74) is 0.694. The molecule has 1 amide bonds. The van der Waals surface area contributed by atoms with Crippen LogP contribution in [0.4, 0.5) is 0 Å². The smallest absolute Gasteiger partial charge is 0.230 e. The van der Waals surface area contributed by atoms with Crippen LogP contribution in [0.3, 0.4) is 0 Å². The summed E-state index contributed by atoms with van der Waals surface area (Å²) in [6.45, 7) is 2.37. The Bertz CT molecular complexity index is 457. The Morgan fingerprint density at radius 3 is 2.84 bits per heavy atom. The van der Waals surface area contributed by atoms with Gasteiger partial charge in [-0.15, -0.1) is 0 Å². The summed E-state index contributed by atoms with van der Waals surface area (Å²) < 4.78 is 0.995. The van der Waals surface area contributed by atoms with Crippen LogP contribution in [0, 0.1) is 0 Å². The Morgan fingerprint density at radius 1 is 1.53 bits per heavy atom. The van der Waals surface area contributed by atoms with Crippen LogP contribution in [0.1, 0.15) is 38.2 Å². The molecule has 1 unspecified atom stereocenters. The monoisotopic (exact) mass is 325 g/mol. The van der Waals surface area contributed by atoms with Crippen LogP contribution >= 0.6 is 15.9 Å². The first-order valence-electron chi connectivity index (χ1n) is 6.81. The van der Waals surface area contributed by atoms with Gasteiger partial charge in [-0.1, -0.05) is 41.4 Å². The van der Waals surface area contributed by atoms with Crippen molar-refractivity contribution in [3.8, 4) is 0 Å². The number of hydrogen-bond acceptors (Lipinski definition) is 2. The van der Waals surface area contributed by atoms with Crippen LogP contribution in [0.25, 0.3) is 0 Å². The number of aliphatic hydroxyl groups is 1. The average molecular weight is 326 g/mol. The van der Waals surface area contributed by atoms with Gasteiger partial charge >= 0.3 is 0 Å². The minimum Gasteiger partial charge on any atom is -0.391 e. The topological polar surface area (TPSA) is 49.3 Å². The van der Waals surface area contributed by atoms with Gasteiger partial charge in [0.05, 0.1) is 11.5 Å². The molecule has 19 heavy (non-hydrogen) atoms. The highest BCUT2D eigenvalue weighted by Gasteiger charge is 2.51. The molecule has 4 heteroatoms. The van der Waals surface area contributed by atoms with E-state index in [1.807, 2.05) is 31.2 Å². The molecule has 1 aromatic carbocycles. The van der Waals surface area contributed by atoms with E-state index >= 15 is 0 Å². The second-order valence-electron chi connectivity index (χ2n) is 5.24. The van der Waals surface area contributed by atoms with Gasteiger partial charge in [-0.2, -0.15) is 0 Å². The minimum atomic E-state index is -0.438. The van der Waals surface area contributed by atoms with Crippen molar-refractivity contribution in [2.75, 3.05) is 6.54 Å². The lowest BCUT2D eigenvalue weighted by Crippen LogP contribution is -2.39. The summed E-state index contributed by atoms with van der Waals surface area (Å²) in [6, 6.07) is 7.93. The fourth-order valence-corrected chi connectivity index (χ4v) is 2.77. The van der Waals surface area contributed by atoms with E-state index in [0.717, 1.165) is 35.7 Å². The van der Waals surface area contributed by atoms with Crippen molar-refractivity contribution in [2.24, 2.45) is 0 Å². The van der Waals surface area contributed by atoms with Gasteiger partial charge in [0, 0.05) is 11.0 Å². The zero-order valence-electron chi connectivity index (χ0n) is 11.2. The molecule has 1 aromatic rings. The Hall–Kier alpha value is -0.870. The number of nitrogens with one attached hydrogen (secondary N) is 1. The molecule has 0 spiro atoms. The van der Waals surface area contributed by atoms with Gasteiger partial charge in [0.2, 0.25) is 5.91 Å². The van der Waals surface area contributed by atoms with Crippen molar-refractivity contribution in [3.05, 3.63) is 34.3 Å². The van der Waals surface area contributed by atoms with Crippen LogP contribution in [0.2, 0.25) is 0 Å². The van der Waals surface area contributed by atoms with Crippen LogP contribution in [0.15, 0.2) is 28.7 Å². The van der Waals surface area contributed by atoms with E-state index < -0.39 is 6.10 Å². The van der Waals surface area contributed by atoms with Crippen molar-refractivity contribution < 1.29 is 9.90 Å². The zero-order valence-corrected chi connectivity index (χ0v) is 12.7. The second-order valence-corrected chi connectivity index (χ2v) is 6.16. The molecule has 0 radical (unpaired) electrons. The van der Waals surface area contributed by atoms with Gasteiger partial charge in [-0.05, 0) is 37.0 Å². The van der Waals surface area contributed by atoms with E-state index in [1.54, 1.807) is 0 Å². The van der Waals surface area contributed by atoms with Gasteiger partial charge in [0.25, 0.3) is 0 Å². The van der Waals surface area contributed by atoms with E-state index in [-0.39, 0.29) is 11.3 Å². The van der Waals surface area contributed by atoms with Crippen molar-refractivity contribution in [1.82, 2.24) is 5.32 Å². The first-order valence-corrected chi connectivity index (χ1v) is 7.60. The molecule has 0 saturated heterocycles. The molecule has 1 atom stereocenters. The predicted molar refractivity (Wildman–Crippen MR) is 79.0 cm³/mol. The molecule has 3 nitrogen and oxygen atoms in total. The lowest BCUT2D eigenvalue weighted by Gasteiger charge is -2.18. The fourth-order valence-electron chi connectivity index (χ4n) is 2.37. The Labute approximate surface area is 122 Å². The Kier molecular flexibility index (Phi) is 4.63. The molecule has 0 aromatic heterocycles. The van der Waals surface area contributed by atoms with Gasteiger partial charge in [-0.3, -0.25) is 4.79 Å². The third-order valence-corrected chi connectivity index (χ3v) is 4.18. The number of benzene rings is 1. The molecular weight excluding hydrogens is 306 g/mol. The van der Waals surface area contributed by atoms with Gasteiger partial charge < -0.3 is 10.4 Å². The molecule has 2 N–H and O–H groups in total. The van der Waals surface area contributed by atoms with Crippen molar-refractivity contribution >= 4 is 21.8 Å². The van der Waals surface area contributed by atoms with Crippen molar-refractivity contribution in [2.45, 2.75) is 44.1 Å². The third-order valence-electron chi connectivity index (χ3n) is 3.68. The van der Waals surface area contributed by atoms with Crippen molar-refractivity contribution in [3.63, 3.8) is 0 Å². The SMILES string of the molecule is CCCC(O)CNC(=O)C1(c2cccc(Br)c2)CC1. The van der Waals surface area contributed by atoms with E-state index in [4.69, 9.17) is 0 Å². The summed E-state index contributed by atoms with van der Waals surface area (Å²) in [6.07, 6.45) is 2.99.